The molecule has 0 aliphatic carbocycles. The van der Waals surface area contributed by atoms with Gasteiger partial charge in [0.1, 0.15) is 0 Å². The normalized spacial score (nSPS) is 12.2. The predicted octanol–water partition coefficient (Wildman–Crippen LogP) is 3.65. The first-order chi connectivity index (χ1) is 10.1. The minimum Gasteiger partial charge on any atom is -0.481 e. The van der Waals surface area contributed by atoms with Gasteiger partial charge in [-0.3, -0.25) is 9.59 Å². The summed E-state index contributed by atoms with van der Waals surface area (Å²) >= 11 is 0. The fraction of sp³-hybridized carbons (Fsp3) is 0.882. The summed E-state index contributed by atoms with van der Waals surface area (Å²) in [5.74, 6) is -0.920. The first-order valence-electron chi connectivity index (χ1n) is 8.03. The number of hydrogen-bond donors (Lipinski definition) is 1. The number of carbonyl (C=O) groups excluding carboxylic acids is 1. The lowest BCUT2D eigenvalue weighted by atomic mass is 9.87. The minimum atomic E-state index is -0.748. The molecule has 5 heteroatoms. The van der Waals surface area contributed by atoms with Crippen molar-refractivity contribution in [1.82, 2.24) is 0 Å². The zero-order chi connectivity index (χ0) is 17.2. The van der Waals surface area contributed by atoms with Crippen molar-refractivity contribution in [3.8, 4) is 0 Å². The third kappa shape index (κ3) is 8.37. The maximum atomic E-state index is 11.5. The zero-order valence-electron chi connectivity index (χ0n) is 14.7. The van der Waals surface area contributed by atoms with Crippen molar-refractivity contribution in [3.63, 3.8) is 0 Å². The zero-order valence-corrected chi connectivity index (χ0v) is 14.7. The van der Waals surface area contributed by atoms with E-state index < -0.39 is 16.8 Å². The van der Waals surface area contributed by atoms with E-state index in [1.165, 1.54) is 7.11 Å². The predicted molar refractivity (Wildman–Crippen MR) is 85.7 cm³/mol. The van der Waals surface area contributed by atoms with E-state index in [1.807, 2.05) is 13.8 Å². The number of carboxylic acids is 1. The van der Waals surface area contributed by atoms with Crippen molar-refractivity contribution in [2.45, 2.75) is 66.2 Å². The van der Waals surface area contributed by atoms with E-state index in [9.17, 15) is 9.59 Å². The van der Waals surface area contributed by atoms with E-state index in [0.717, 1.165) is 32.1 Å². The Labute approximate surface area is 134 Å². The van der Waals surface area contributed by atoms with Gasteiger partial charge in [-0.2, -0.15) is 0 Å². The molecule has 0 saturated carbocycles. The number of carboxylic acid groups (broad SMARTS) is 1. The highest BCUT2D eigenvalue weighted by molar-refractivity contribution is 5.75. The van der Waals surface area contributed by atoms with Gasteiger partial charge >= 0.3 is 11.9 Å². The van der Waals surface area contributed by atoms with Crippen LogP contribution in [0.3, 0.4) is 0 Å². The van der Waals surface area contributed by atoms with Crippen LogP contribution < -0.4 is 0 Å². The van der Waals surface area contributed by atoms with Crippen molar-refractivity contribution in [1.29, 1.82) is 0 Å². The molecule has 130 valence electrons. The van der Waals surface area contributed by atoms with Gasteiger partial charge in [0.2, 0.25) is 0 Å². The standard InChI is InChI=1S/C17H32O5/c1-16(2,14(18)19)10-6-8-12-22-13-9-7-11-17(3,4)15(20)21-5/h6-13H2,1-5H3,(H,18,19). The van der Waals surface area contributed by atoms with Crippen LogP contribution in [0.4, 0.5) is 0 Å². The molecule has 0 rings (SSSR count). The molecule has 0 unspecified atom stereocenters. The molecule has 5 nitrogen and oxygen atoms in total. The molecule has 0 aromatic carbocycles. The Kier molecular flexibility index (Phi) is 9.33. The number of methoxy groups -OCH3 is 1. The molecule has 0 aromatic rings. The number of aliphatic carboxylic acids is 1. The summed E-state index contributed by atoms with van der Waals surface area (Å²) in [6.07, 6.45) is 5.03. The smallest absolute Gasteiger partial charge is 0.311 e. The van der Waals surface area contributed by atoms with Crippen molar-refractivity contribution >= 4 is 11.9 Å². The summed E-state index contributed by atoms with van der Waals surface area (Å²) in [4.78, 5) is 22.5. The van der Waals surface area contributed by atoms with Crippen molar-refractivity contribution in [2.24, 2.45) is 10.8 Å². The topological polar surface area (TPSA) is 72.8 Å². The SMILES string of the molecule is COC(=O)C(C)(C)CCCCOCCCCC(C)(C)C(=O)O. The van der Waals surface area contributed by atoms with Crippen molar-refractivity contribution in [2.75, 3.05) is 20.3 Å². The molecular formula is C17H32O5. The van der Waals surface area contributed by atoms with Gasteiger partial charge < -0.3 is 14.6 Å². The first-order valence-corrected chi connectivity index (χ1v) is 8.03. The van der Waals surface area contributed by atoms with Crippen molar-refractivity contribution < 1.29 is 24.2 Å². The summed E-state index contributed by atoms with van der Waals surface area (Å²) in [6, 6.07) is 0. The Morgan fingerprint density at radius 1 is 0.864 bits per heavy atom. The van der Waals surface area contributed by atoms with Crippen LogP contribution in [0.15, 0.2) is 0 Å². The molecule has 0 fully saturated rings. The monoisotopic (exact) mass is 316 g/mol. The third-order valence-corrected chi connectivity index (χ3v) is 4.00. The molecular weight excluding hydrogens is 284 g/mol. The summed E-state index contributed by atoms with van der Waals surface area (Å²) in [5.41, 5.74) is -1.09. The Morgan fingerprint density at radius 3 is 1.73 bits per heavy atom. The average molecular weight is 316 g/mol. The molecule has 0 saturated heterocycles. The maximum Gasteiger partial charge on any atom is 0.311 e. The van der Waals surface area contributed by atoms with Crippen LogP contribution in [-0.4, -0.2) is 37.4 Å². The molecule has 1 N–H and O–H groups in total. The van der Waals surface area contributed by atoms with Gasteiger partial charge in [0.15, 0.2) is 0 Å². The number of carbonyl (C=O) groups is 2. The maximum absolute atomic E-state index is 11.5. The second-order valence-electron chi connectivity index (χ2n) is 7.09. The summed E-state index contributed by atoms with van der Waals surface area (Å²) in [6.45, 7) is 8.63. The van der Waals surface area contributed by atoms with Gasteiger partial charge in [-0.15, -0.1) is 0 Å². The molecule has 0 aliphatic rings. The van der Waals surface area contributed by atoms with E-state index in [4.69, 9.17) is 14.6 Å². The van der Waals surface area contributed by atoms with Gasteiger partial charge in [0, 0.05) is 13.2 Å². The van der Waals surface area contributed by atoms with Crippen LogP contribution >= 0.6 is 0 Å². The van der Waals surface area contributed by atoms with Crippen LogP contribution in [0.2, 0.25) is 0 Å². The van der Waals surface area contributed by atoms with Crippen molar-refractivity contribution in [3.05, 3.63) is 0 Å². The molecule has 0 aromatic heterocycles. The van der Waals surface area contributed by atoms with E-state index >= 15 is 0 Å². The average Bonchev–Trinajstić information content (AvgIpc) is 2.44. The summed E-state index contributed by atoms with van der Waals surface area (Å²) in [7, 11) is 1.42. The van der Waals surface area contributed by atoms with Gasteiger partial charge in [-0.1, -0.05) is 12.8 Å². The van der Waals surface area contributed by atoms with E-state index in [2.05, 4.69) is 0 Å². The number of ether oxygens (including phenoxy) is 2. The summed E-state index contributed by atoms with van der Waals surface area (Å²) < 4.78 is 10.3. The van der Waals surface area contributed by atoms with Crippen LogP contribution in [-0.2, 0) is 19.1 Å². The Morgan fingerprint density at radius 2 is 1.32 bits per heavy atom. The lowest BCUT2D eigenvalue weighted by Crippen LogP contribution is -2.25. The number of rotatable bonds is 12. The molecule has 0 bridgehead atoms. The van der Waals surface area contributed by atoms with Gasteiger partial charge in [-0.25, -0.2) is 0 Å². The highest BCUT2D eigenvalue weighted by Crippen LogP contribution is 2.25. The highest BCUT2D eigenvalue weighted by atomic mass is 16.5. The highest BCUT2D eigenvalue weighted by Gasteiger charge is 2.27. The quantitative estimate of drug-likeness (QED) is 0.439. The van der Waals surface area contributed by atoms with Gasteiger partial charge in [0.05, 0.1) is 17.9 Å². The lowest BCUT2D eigenvalue weighted by molar-refractivity contribution is -0.151. The Balaban J connectivity index is 3.56. The largest absolute Gasteiger partial charge is 0.481 e. The molecule has 0 spiro atoms. The van der Waals surface area contributed by atoms with E-state index in [1.54, 1.807) is 13.8 Å². The van der Waals surface area contributed by atoms with Gasteiger partial charge in [0.25, 0.3) is 0 Å². The molecule has 0 aliphatic heterocycles. The van der Waals surface area contributed by atoms with Crippen LogP contribution in [0, 0.1) is 10.8 Å². The Hall–Kier alpha value is -1.10. The molecule has 0 atom stereocenters. The molecule has 22 heavy (non-hydrogen) atoms. The van der Waals surface area contributed by atoms with Gasteiger partial charge in [-0.05, 0) is 53.4 Å². The van der Waals surface area contributed by atoms with Crippen LogP contribution in [0.25, 0.3) is 0 Å². The second kappa shape index (κ2) is 9.82. The van der Waals surface area contributed by atoms with Crippen LogP contribution in [0.1, 0.15) is 66.2 Å². The molecule has 0 heterocycles. The summed E-state index contributed by atoms with van der Waals surface area (Å²) in [5, 5.41) is 9.00. The second-order valence-corrected chi connectivity index (χ2v) is 7.09. The minimum absolute atomic E-state index is 0.172. The third-order valence-electron chi connectivity index (χ3n) is 4.00. The number of esters is 1. The van der Waals surface area contributed by atoms with Crippen LogP contribution in [0.5, 0.6) is 0 Å². The lowest BCUT2D eigenvalue weighted by Gasteiger charge is -2.21. The number of hydrogen-bond acceptors (Lipinski definition) is 4. The molecule has 0 radical (unpaired) electrons. The fourth-order valence-corrected chi connectivity index (χ4v) is 2.13. The molecule has 0 amide bonds. The van der Waals surface area contributed by atoms with E-state index in [0.29, 0.717) is 19.6 Å². The fourth-order valence-electron chi connectivity index (χ4n) is 2.13. The number of unbranched alkanes of at least 4 members (excludes halogenated alkanes) is 2. The Bertz CT molecular complexity index is 347. The first kappa shape index (κ1) is 20.9. The van der Waals surface area contributed by atoms with E-state index in [-0.39, 0.29) is 5.97 Å².